The summed E-state index contributed by atoms with van der Waals surface area (Å²) in [6.07, 6.45) is 0.690. The van der Waals surface area contributed by atoms with E-state index >= 15 is 0 Å². The zero-order chi connectivity index (χ0) is 32.0. The third kappa shape index (κ3) is 8.54. The molecule has 0 aliphatic carbocycles. The molecule has 1 amide bonds. The number of alkyl halides is 3. The van der Waals surface area contributed by atoms with Crippen LogP contribution in [0, 0.1) is 5.92 Å². The van der Waals surface area contributed by atoms with Crippen LogP contribution in [0.2, 0.25) is 0 Å². The summed E-state index contributed by atoms with van der Waals surface area (Å²) < 4.78 is 42.7. The Bertz CT molecular complexity index is 1620. The Morgan fingerprint density at radius 3 is 2.53 bits per heavy atom. The van der Waals surface area contributed by atoms with Gasteiger partial charge >= 0.3 is 6.36 Å². The fourth-order valence-electron chi connectivity index (χ4n) is 5.33. The zero-order valence-corrected chi connectivity index (χ0v) is 26.3. The maximum Gasteiger partial charge on any atom is 0.573 e. The lowest BCUT2D eigenvalue weighted by Gasteiger charge is -2.36. The van der Waals surface area contributed by atoms with Crippen LogP contribution in [0.15, 0.2) is 84.1 Å². The van der Waals surface area contributed by atoms with E-state index in [1.54, 1.807) is 11.8 Å². The molecule has 0 saturated carbocycles. The van der Waals surface area contributed by atoms with E-state index in [9.17, 15) is 18.0 Å². The van der Waals surface area contributed by atoms with Gasteiger partial charge in [0.1, 0.15) is 12.1 Å². The number of amidine groups is 1. The highest BCUT2D eigenvalue weighted by atomic mass is 32.2. The summed E-state index contributed by atoms with van der Waals surface area (Å²) in [5.74, 6) is 1.36. The van der Waals surface area contributed by atoms with Crippen molar-refractivity contribution in [1.29, 1.82) is 0 Å². The van der Waals surface area contributed by atoms with E-state index in [1.807, 2.05) is 30.3 Å². The van der Waals surface area contributed by atoms with Gasteiger partial charge in [-0.2, -0.15) is 4.99 Å². The average Bonchev–Trinajstić information content (AvgIpc) is 3.51. The van der Waals surface area contributed by atoms with E-state index in [2.05, 4.69) is 63.7 Å². The number of carbonyl (C=O) groups excluding carboxylic acids is 1. The van der Waals surface area contributed by atoms with Crippen molar-refractivity contribution in [3.05, 3.63) is 90.3 Å². The Balaban J connectivity index is 1.15. The number of nitrogens with zero attached hydrogens (tertiary/aromatic N) is 5. The number of halogens is 3. The Labute approximate surface area is 265 Å². The molecule has 1 aromatic heterocycles. The van der Waals surface area contributed by atoms with Crippen molar-refractivity contribution >= 4 is 28.5 Å². The minimum absolute atomic E-state index is 0.0862. The van der Waals surface area contributed by atoms with E-state index in [4.69, 9.17) is 0 Å². The number of thioether (sulfide) groups is 1. The fourth-order valence-corrected chi connectivity index (χ4v) is 6.55. The van der Waals surface area contributed by atoms with Crippen molar-refractivity contribution in [3.8, 4) is 22.8 Å². The number of aryl methyl sites for hydroxylation is 1. The number of amides is 1. The van der Waals surface area contributed by atoms with Crippen molar-refractivity contribution in [2.24, 2.45) is 10.9 Å². The summed E-state index contributed by atoms with van der Waals surface area (Å²) in [6, 6.07) is 22.0. The van der Waals surface area contributed by atoms with E-state index < -0.39 is 6.36 Å². The number of aromatic nitrogens is 3. The summed E-state index contributed by atoms with van der Waals surface area (Å²) in [7, 11) is 0. The highest BCUT2D eigenvalue weighted by Crippen LogP contribution is 2.32. The molecule has 45 heavy (non-hydrogen) atoms. The molecule has 3 aromatic carbocycles. The van der Waals surface area contributed by atoms with Gasteiger partial charge in [0.25, 0.3) is 0 Å². The molecule has 0 spiro atoms. The lowest BCUT2D eigenvalue weighted by atomic mass is 9.96. The van der Waals surface area contributed by atoms with Crippen LogP contribution in [0.25, 0.3) is 17.1 Å². The highest BCUT2D eigenvalue weighted by molar-refractivity contribution is 8.14. The standard InChI is InChI=1S/C34H36F3N5O2S/c1-4-26-7-5-6-8-30(26)42-24(3)19-20-45-33(42)39-31(43)18-9-23(2)21-25-10-12-27(13-11-25)32-38-22-41(40-32)28-14-16-29(17-15-28)44-34(35,36)37/h5-8,10-17,22-24H,4,9,18-21H2,1-3H3. The number of hydrogen-bond acceptors (Lipinski definition) is 5. The third-order valence-electron chi connectivity index (χ3n) is 7.74. The van der Waals surface area contributed by atoms with Crippen molar-refractivity contribution in [3.63, 3.8) is 0 Å². The van der Waals surface area contributed by atoms with Gasteiger partial charge in [-0.3, -0.25) is 4.79 Å². The van der Waals surface area contributed by atoms with Crippen molar-refractivity contribution in [2.75, 3.05) is 10.7 Å². The average molecular weight is 636 g/mol. The molecule has 1 aliphatic heterocycles. The zero-order valence-electron chi connectivity index (χ0n) is 25.5. The van der Waals surface area contributed by atoms with Gasteiger partial charge in [-0.15, -0.1) is 18.3 Å². The lowest BCUT2D eigenvalue weighted by Crippen LogP contribution is -2.42. The minimum Gasteiger partial charge on any atom is -0.406 e. The minimum atomic E-state index is -4.74. The SMILES string of the molecule is CCc1ccccc1N1C(=NC(=O)CCC(C)Cc2ccc(-c3ncn(-c4ccc(OC(F)(F)F)cc4)n3)cc2)SCCC1C. The molecule has 2 atom stereocenters. The summed E-state index contributed by atoms with van der Waals surface area (Å²) in [6.45, 7) is 6.48. The second kappa shape index (κ2) is 14.3. The second-order valence-corrected chi connectivity index (χ2v) is 12.3. The van der Waals surface area contributed by atoms with E-state index in [1.165, 1.54) is 40.8 Å². The molecule has 11 heteroatoms. The second-order valence-electron chi connectivity index (χ2n) is 11.2. The Kier molecular flexibility index (Phi) is 10.3. The van der Waals surface area contributed by atoms with Crippen LogP contribution in [0.5, 0.6) is 5.75 Å². The Hall–Kier alpha value is -4.12. The first-order valence-electron chi connectivity index (χ1n) is 15.1. The molecule has 1 saturated heterocycles. The van der Waals surface area contributed by atoms with Gasteiger partial charge in [0.05, 0.1) is 5.69 Å². The third-order valence-corrected chi connectivity index (χ3v) is 8.73. The van der Waals surface area contributed by atoms with Crippen LogP contribution >= 0.6 is 11.8 Å². The largest absolute Gasteiger partial charge is 0.573 e. The van der Waals surface area contributed by atoms with Gasteiger partial charge in [-0.05, 0) is 80.0 Å². The first kappa shape index (κ1) is 32.3. The normalized spacial score (nSPS) is 17.0. The van der Waals surface area contributed by atoms with Crippen molar-refractivity contribution in [1.82, 2.24) is 14.8 Å². The van der Waals surface area contributed by atoms with Gasteiger partial charge in [-0.1, -0.05) is 68.1 Å². The number of carbonyl (C=O) groups is 1. The Morgan fingerprint density at radius 2 is 1.82 bits per heavy atom. The lowest BCUT2D eigenvalue weighted by molar-refractivity contribution is -0.274. The van der Waals surface area contributed by atoms with Crippen LogP contribution in [0.4, 0.5) is 18.9 Å². The number of rotatable bonds is 10. The predicted octanol–water partition coefficient (Wildman–Crippen LogP) is 8.27. The summed E-state index contributed by atoms with van der Waals surface area (Å²) in [5, 5.41) is 5.27. The number of hydrogen-bond donors (Lipinski definition) is 0. The Morgan fingerprint density at radius 1 is 1.09 bits per heavy atom. The first-order valence-corrected chi connectivity index (χ1v) is 16.1. The van der Waals surface area contributed by atoms with E-state index in [-0.39, 0.29) is 23.6 Å². The quantitative estimate of drug-likeness (QED) is 0.175. The monoisotopic (exact) mass is 635 g/mol. The van der Waals surface area contributed by atoms with Crippen molar-refractivity contribution in [2.45, 2.75) is 65.3 Å². The molecule has 1 aliphatic rings. The summed E-state index contributed by atoms with van der Waals surface area (Å²) in [5.41, 5.74) is 4.91. The van der Waals surface area contributed by atoms with Gasteiger partial charge in [0.2, 0.25) is 5.91 Å². The number of benzene rings is 3. The summed E-state index contributed by atoms with van der Waals surface area (Å²) in [4.78, 5) is 24.2. The van der Waals surface area contributed by atoms with Crippen LogP contribution in [-0.4, -0.2) is 44.0 Å². The first-order chi connectivity index (χ1) is 21.6. The maximum absolute atomic E-state index is 13.0. The molecule has 2 unspecified atom stereocenters. The number of ether oxygens (including phenoxy) is 1. The fraction of sp³-hybridized carbons (Fsp3) is 0.353. The summed E-state index contributed by atoms with van der Waals surface area (Å²) >= 11 is 1.66. The van der Waals surface area contributed by atoms with Crippen molar-refractivity contribution < 1.29 is 22.7 Å². The highest BCUT2D eigenvalue weighted by Gasteiger charge is 2.31. The number of para-hydroxylation sites is 1. The molecule has 5 rings (SSSR count). The van der Waals surface area contributed by atoms with Gasteiger partial charge in [-0.25, -0.2) is 9.67 Å². The van der Waals surface area contributed by atoms with Gasteiger partial charge in [0.15, 0.2) is 11.0 Å². The van der Waals surface area contributed by atoms with E-state index in [0.717, 1.165) is 53.4 Å². The molecule has 7 nitrogen and oxygen atoms in total. The van der Waals surface area contributed by atoms with E-state index in [0.29, 0.717) is 17.9 Å². The molecule has 0 N–H and O–H groups in total. The smallest absolute Gasteiger partial charge is 0.406 e. The van der Waals surface area contributed by atoms with Crippen LogP contribution in [0.1, 0.15) is 51.2 Å². The molecule has 4 aromatic rings. The number of aliphatic imine (C=N–C) groups is 1. The van der Waals surface area contributed by atoms with Gasteiger partial charge < -0.3 is 9.64 Å². The predicted molar refractivity (Wildman–Crippen MR) is 173 cm³/mol. The number of anilines is 1. The topological polar surface area (TPSA) is 72.6 Å². The van der Waals surface area contributed by atoms with Crippen LogP contribution in [0.3, 0.4) is 0 Å². The molecule has 236 valence electrons. The molecule has 1 fully saturated rings. The molecule has 2 heterocycles. The van der Waals surface area contributed by atoms with Gasteiger partial charge in [0, 0.05) is 29.5 Å². The van der Waals surface area contributed by atoms with Crippen LogP contribution < -0.4 is 9.64 Å². The molecular formula is C34H36F3N5O2S. The maximum atomic E-state index is 13.0. The van der Waals surface area contributed by atoms with Crippen LogP contribution in [-0.2, 0) is 17.6 Å². The molecule has 0 bridgehead atoms. The molecule has 0 radical (unpaired) electrons. The molecular weight excluding hydrogens is 599 g/mol.